The second kappa shape index (κ2) is 5.94. The first-order valence-electron chi connectivity index (χ1n) is 9.33. The van der Waals surface area contributed by atoms with Gasteiger partial charge in [-0.05, 0) is 31.6 Å². The third-order valence-electron chi connectivity index (χ3n) is 4.53. The molecule has 0 fully saturated rings. The lowest BCUT2D eigenvalue weighted by atomic mass is 9.68. The van der Waals surface area contributed by atoms with E-state index in [0.29, 0.717) is 11.4 Å². The predicted molar refractivity (Wildman–Crippen MR) is 92.3 cm³/mol. The van der Waals surface area contributed by atoms with Crippen molar-refractivity contribution in [2.75, 3.05) is 7.04 Å². The lowest BCUT2D eigenvalue weighted by Crippen LogP contribution is -2.42. The standard InChI is InChI=1S/C19H20N4O2/c1-12-14(10-21-23-12)15-6-5-7-16(22-15)19(25-4)8-13(9-20)17(24)18(2,3)11-19/h5-8,10H,11H2,1-4H3,(H,21,23)/t19-/m1/s1/i4D3. The number of hydrogen-bond donors (Lipinski definition) is 1. The highest BCUT2D eigenvalue weighted by atomic mass is 16.5. The number of pyridine rings is 1. The number of nitrogens with zero attached hydrogens (tertiary/aromatic N) is 3. The van der Waals surface area contributed by atoms with Crippen molar-refractivity contribution in [2.45, 2.75) is 32.8 Å². The third-order valence-corrected chi connectivity index (χ3v) is 4.53. The van der Waals surface area contributed by atoms with Crippen molar-refractivity contribution < 1.29 is 13.6 Å². The maximum Gasteiger partial charge on any atom is 0.178 e. The molecular formula is C19H20N4O2. The largest absolute Gasteiger partial charge is 0.368 e. The summed E-state index contributed by atoms with van der Waals surface area (Å²) in [7, 11) is -2.75. The molecule has 0 saturated carbocycles. The van der Waals surface area contributed by atoms with E-state index in [0.717, 1.165) is 11.3 Å². The number of methoxy groups -OCH3 is 1. The summed E-state index contributed by atoms with van der Waals surface area (Å²) in [6.07, 6.45) is 2.97. The van der Waals surface area contributed by atoms with E-state index in [9.17, 15) is 10.1 Å². The molecule has 25 heavy (non-hydrogen) atoms. The van der Waals surface area contributed by atoms with E-state index < -0.39 is 18.1 Å². The molecule has 6 heteroatoms. The van der Waals surface area contributed by atoms with Gasteiger partial charge in [-0.1, -0.05) is 19.9 Å². The molecular weight excluding hydrogens is 316 g/mol. The van der Waals surface area contributed by atoms with Crippen molar-refractivity contribution in [1.82, 2.24) is 15.2 Å². The smallest absolute Gasteiger partial charge is 0.178 e. The maximum atomic E-state index is 12.5. The van der Waals surface area contributed by atoms with Crippen LogP contribution in [0.25, 0.3) is 11.3 Å². The Hall–Kier alpha value is -2.78. The minimum Gasteiger partial charge on any atom is -0.368 e. The molecule has 1 N–H and O–H groups in total. The summed E-state index contributed by atoms with van der Waals surface area (Å²) < 4.78 is 28.4. The number of rotatable bonds is 3. The third kappa shape index (κ3) is 2.77. The summed E-state index contributed by atoms with van der Waals surface area (Å²) in [5, 5.41) is 16.3. The Morgan fingerprint density at radius 3 is 2.88 bits per heavy atom. The first-order chi connectivity index (χ1) is 13.0. The number of Topliss-reactive ketones (excluding diaryl/α,β-unsaturated/α-hetero) is 1. The minimum atomic E-state index is -2.75. The summed E-state index contributed by atoms with van der Waals surface area (Å²) >= 11 is 0. The number of nitrogens with one attached hydrogen (secondary N) is 1. The molecule has 3 rings (SSSR count). The van der Waals surface area contributed by atoms with Gasteiger partial charge in [-0.3, -0.25) is 9.89 Å². The lowest BCUT2D eigenvalue weighted by molar-refractivity contribution is -0.128. The van der Waals surface area contributed by atoms with Gasteiger partial charge in [0.25, 0.3) is 0 Å². The Morgan fingerprint density at radius 2 is 2.24 bits per heavy atom. The molecule has 1 aliphatic carbocycles. The van der Waals surface area contributed by atoms with Crippen LogP contribution >= 0.6 is 0 Å². The minimum absolute atomic E-state index is 0.0449. The summed E-state index contributed by atoms with van der Waals surface area (Å²) in [6.45, 7) is 5.18. The quantitative estimate of drug-likeness (QED) is 0.928. The molecule has 128 valence electrons. The van der Waals surface area contributed by atoms with Crippen LogP contribution in [0.2, 0.25) is 0 Å². The van der Waals surface area contributed by atoms with E-state index in [1.165, 1.54) is 6.08 Å². The van der Waals surface area contributed by atoms with Gasteiger partial charge in [0.2, 0.25) is 0 Å². The summed E-state index contributed by atoms with van der Waals surface area (Å²) in [5.41, 5.74) is -0.194. The van der Waals surface area contributed by atoms with Crippen molar-refractivity contribution >= 4 is 5.78 Å². The molecule has 2 heterocycles. The topological polar surface area (TPSA) is 91.7 Å². The highest BCUT2D eigenvalue weighted by Gasteiger charge is 2.47. The molecule has 0 aliphatic heterocycles. The average Bonchev–Trinajstić information content (AvgIpc) is 3.02. The van der Waals surface area contributed by atoms with Crippen LogP contribution in [0.15, 0.2) is 36.0 Å². The van der Waals surface area contributed by atoms with Crippen LogP contribution in [-0.4, -0.2) is 28.0 Å². The van der Waals surface area contributed by atoms with Crippen molar-refractivity contribution in [3.05, 3.63) is 47.4 Å². The second-order valence-corrected chi connectivity index (χ2v) is 6.87. The van der Waals surface area contributed by atoms with Gasteiger partial charge in [0.1, 0.15) is 11.7 Å². The van der Waals surface area contributed by atoms with E-state index in [1.807, 2.05) is 13.0 Å². The van der Waals surface area contributed by atoms with Crippen LogP contribution in [0.4, 0.5) is 0 Å². The number of carbonyl (C=O) groups is 1. The van der Waals surface area contributed by atoms with Crippen LogP contribution in [0.5, 0.6) is 0 Å². The number of aromatic amines is 1. The van der Waals surface area contributed by atoms with Gasteiger partial charge in [-0.15, -0.1) is 0 Å². The molecule has 0 aromatic carbocycles. The van der Waals surface area contributed by atoms with E-state index in [-0.39, 0.29) is 17.8 Å². The Morgan fingerprint density at radius 1 is 1.44 bits per heavy atom. The van der Waals surface area contributed by atoms with Gasteiger partial charge in [-0.25, -0.2) is 4.98 Å². The zero-order valence-electron chi connectivity index (χ0n) is 17.3. The first kappa shape index (κ1) is 13.5. The van der Waals surface area contributed by atoms with Crippen LogP contribution in [0.3, 0.4) is 0 Å². The van der Waals surface area contributed by atoms with Gasteiger partial charge in [0, 0.05) is 23.7 Å². The fourth-order valence-electron chi connectivity index (χ4n) is 3.25. The van der Waals surface area contributed by atoms with Gasteiger partial charge in [0.15, 0.2) is 5.78 Å². The van der Waals surface area contributed by atoms with Gasteiger partial charge < -0.3 is 4.74 Å². The molecule has 6 nitrogen and oxygen atoms in total. The molecule has 0 amide bonds. The Balaban J connectivity index is 2.23. The lowest BCUT2D eigenvalue weighted by Gasteiger charge is -2.39. The van der Waals surface area contributed by atoms with Crippen LogP contribution in [-0.2, 0) is 15.1 Å². The van der Waals surface area contributed by atoms with Crippen molar-refractivity contribution in [2.24, 2.45) is 5.41 Å². The number of hydrogen-bond acceptors (Lipinski definition) is 5. The average molecular weight is 339 g/mol. The molecule has 0 radical (unpaired) electrons. The van der Waals surface area contributed by atoms with Crippen molar-refractivity contribution in [1.29, 1.82) is 5.26 Å². The van der Waals surface area contributed by atoms with E-state index in [2.05, 4.69) is 15.2 Å². The van der Waals surface area contributed by atoms with Crippen molar-refractivity contribution in [3.63, 3.8) is 0 Å². The Kier molecular flexibility index (Phi) is 3.21. The number of aryl methyl sites for hydroxylation is 1. The molecule has 2 aromatic heterocycles. The fourth-order valence-corrected chi connectivity index (χ4v) is 3.25. The summed E-state index contributed by atoms with van der Waals surface area (Å²) in [4.78, 5) is 17.2. The number of carbonyl (C=O) groups excluding carboxylic acids is 1. The highest BCUT2D eigenvalue weighted by Crippen LogP contribution is 2.44. The van der Waals surface area contributed by atoms with Crippen LogP contribution in [0.1, 0.15) is 35.8 Å². The SMILES string of the molecule is [2H]C([2H])([2H])O[C@]1(c2cccc(-c3cn[nH]c3C)n2)C=C(C#N)C(=O)C(C)(C)C1. The maximum absolute atomic E-state index is 12.5. The van der Waals surface area contributed by atoms with E-state index in [1.54, 1.807) is 38.2 Å². The van der Waals surface area contributed by atoms with E-state index >= 15 is 0 Å². The molecule has 0 saturated heterocycles. The first-order valence-corrected chi connectivity index (χ1v) is 7.83. The van der Waals surface area contributed by atoms with Gasteiger partial charge >= 0.3 is 0 Å². The number of aromatic nitrogens is 3. The number of allylic oxidation sites excluding steroid dienone is 1. The number of ether oxygens (including phenoxy) is 1. The molecule has 1 atom stereocenters. The normalized spacial score (nSPS) is 24.6. The van der Waals surface area contributed by atoms with Crippen LogP contribution < -0.4 is 0 Å². The zero-order valence-corrected chi connectivity index (χ0v) is 14.3. The van der Waals surface area contributed by atoms with Crippen LogP contribution in [0, 0.1) is 23.7 Å². The molecule has 0 spiro atoms. The number of nitriles is 1. The zero-order chi connectivity index (χ0) is 20.7. The predicted octanol–water partition coefficient (Wildman–Crippen LogP) is 3.07. The number of ketones is 1. The molecule has 0 unspecified atom stereocenters. The Labute approximate surface area is 150 Å². The monoisotopic (exact) mass is 339 g/mol. The van der Waals surface area contributed by atoms with Gasteiger partial charge in [0.05, 0.1) is 27.3 Å². The molecule has 2 aromatic rings. The van der Waals surface area contributed by atoms with E-state index in [4.69, 9.17) is 8.85 Å². The highest BCUT2D eigenvalue weighted by molar-refractivity contribution is 6.04. The number of H-pyrrole nitrogens is 1. The Bertz CT molecular complexity index is 1000. The fraction of sp³-hybridized carbons (Fsp3) is 0.368. The summed E-state index contributed by atoms with van der Waals surface area (Å²) in [5.74, 6) is -0.346. The molecule has 1 aliphatic rings. The summed E-state index contributed by atoms with van der Waals surface area (Å²) in [6, 6.07) is 7.03. The second-order valence-electron chi connectivity index (χ2n) is 6.87. The van der Waals surface area contributed by atoms with Gasteiger partial charge in [-0.2, -0.15) is 10.4 Å². The van der Waals surface area contributed by atoms with Crippen molar-refractivity contribution in [3.8, 4) is 17.3 Å². The molecule has 0 bridgehead atoms.